The minimum atomic E-state index is -0.866. The first-order valence-corrected chi connectivity index (χ1v) is 12.1. The summed E-state index contributed by atoms with van der Waals surface area (Å²) in [5.74, 6) is -0.974. The van der Waals surface area contributed by atoms with Crippen molar-refractivity contribution in [1.29, 1.82) is 0 Å². The van der Waals surface area contributed by atoms with Gasteiger partial charge in [-0.1, -0.05) is 59.6 Å². The normalized spacial score (nSPS) is 17.2. The summed E-state index contributed by atoms with van der Waals surface area (Å²) in [5, 5.41) is 12.8. The average molecular weight is 521 g/mol. The van der Waals surface area contributed by atoms with Crippen molar-refractivity contribution in [2.45, 2.75) is 12.5 Å². The number of hydrogen-bond acceptors (Lipinski definition) is 4. The lowest BCUT2D eigenvalue weighted by Gasteiger charge is -2.26. The van der Waals surface area contributed by atoms with Gasteiger partial charge < -0.3 is 19.7 Å². The van der Waals surface area contributed by atoms with Gasteiger partial charge in [-0.3, -0.25) is 9.59 Å². The highest BCUT2D eigenvalue weighted by Crippen LogP contribution is 2.42. The number of carbonyl (C=O) groups excluding carboxylic acids is 2. The van der Waals surface area contributed by atoms with Gasteiger partial charge in [0.25, 0.3) is 11.7 Å². The molecule has 1 amide bonds. The number of benzene rings is 3. The zero-order chi connectivity index (χ0) is 25.4. The van der Waals surface area contributed by atoms with Gasteiger partial charge in [0, 0.05) is 39.3 Å². The van der Waals surface area contributed by atoms with Crippen LogP contribution in [-0.2, 0) is 16.0 Å². The predicted octanol–water partition coefficient (Wildman–Crippen LogP) is 6.15. The molecule has 182 valence electrons. The molecule has 3 aromatic carbocycles. The second kappa shape index (κ2) is 9.72. The third-order valence-corrected chi connectivity index (χ3v) is 7.00. The van der Waals surface area contributed by atoms with Crippen LogP contribution in [0.5, 0.6) is 5.75 Å². The molecule has 36 heavy (non-hydrogen) atoms. The smallest absolute Gasteiger partial charge is 0.295 e. The number of fused-ring (bicyclic) bond motifs is 1. The highest BCUT2D eigenvalue weighted by atomic mass is 35.5. The van der Waals surface area contributed by atoms with Crippen LogP contribution in [0.25, 0.3) is 16.7 Å². The van der Waals surface area contributed by atoms with E-state index in [2.05, 4.69) is 4.98 Å². The summed E-state index contributed by atoms with van der Waals surface area (Å²) in [6, 6.07) is 18.4. The SMILES string of the molecule is COc1ccc2[nH]cc(CCN3C(=O)C(=O)C(=C(O)c4ccccc4)[C@@H]3c3ccc(Cl)cc3Cl)c2c1. The minimum absolute atomic E-state index is 0.00369. The first-order valence-electron chi connectivity index (χ1n) is 11.3. The van der Waals surface area contributed by atoms with Crippen LogP contribution in [0.1, 0.15) is 22.7 Å². The van der Waals surface area contributed by atoms with Crippen molar-refractivity contribution in [3.63, 3.8) is 0 Å². The molecule has 8 heteroatoms. The minimum Gasteiger partial charge on any atom is -0.507 e. The summed E-state index contributed by atoms with van der Waals surface area (Å²) >= 11 is 12.7. The number of methoxy groups -OCH3 is 1. The van der Waals surface area contributed by atoms with Crippen LogP contribution in [0.3, 0.4) is 0 Å². The van der Waals surface area contributed by atoms with E-state index in [1.165, 1.54) is 4.90 Å². The van der Waals surface area contributed by atoms with Crippen LogP contribution in [0.2, 0.25) is 10.0 Å². The number of nitrogens with zero attached hydrogens (tertiary/aromatic N) is 1. The molecule has 2 heterocycles. The van der Waals surface area contributed by atoms with Crippen LogP contribution in [0.15, 0.2) is 78.5 Å². The summed E-state index contributed by atoms with van der Waals surface area (Å²) in [6.45, 7) is 0.226. The Kier molecular flexibility index (Phi) is 6.48. The number of ether oxygens (including phenoxy) is 1. The Morgan fingerprint density at radius 1 is 1.06 bits per heavy atom. The van der Waals surface area contributed by atoms with Crippen LogP contribution in [0.4, 0.5) is 0 Å². The fourth-order valence-corrected chi connectivity index (χ4v) is 5.15. The molecular formula is C28H22Cl2N2O4. The maximum absolute atomic E-state index is 13.3. The molecule has 1 atom stereocenters. The Balaban J connectivity index is 1.58. The summed E-state index contributed by atoms with van der Waals surface area (Å²) in [6.07, 6.45) is 2.35. The van der Waals surface area contributed by atoms with E-state index in [0.717, 1.165) is 22.2 Å². The molecule has 0 bridgehead atoms. The van der Waals surface area contributed by atoms with E-state index in [4.69, 9.17) is 27.9 Å². The van der Waals surface area contributed by atoms with Gasteiger partial charge in [-0.2, -0.15) is 0 Å². The maximum atomic E-state index is 13.3. The van der Waals surface area contributed by atoms with E-state index in [1.807, 2.05) is 24.4 Å². The monoisotopic (exact) mass is 520 g/mol. The van der Waals surface area contributed by atoms with Crippen molar-refractivity contribution in [1.82, 2.24) is 9.88 Å². The Bertz CT molecular complexity index is 1510. The molecular weight excluding hydrogens is 499 g/mol. The quantitative estimate of drug-likeness (QED) is 0.181. The number of hydrogen-bond donors (Lipinski definition) is 2. The topological polar surface area (TPSA) is 82.6 Å². The van der Waals surface area contributed by atoms with Gasteiger partial charge >= 0.3 is 0 Å². The van der Waals surface area contributed by atoms with Gasteiger partial charge in [0.05, 0.1) is 18.7 Å². The molecule has 4 aromatic rings. The van der Waals surface area contributed by atoms with Gasteiger partial charge in [0.15, 0.2) is 0 Å². The summed E-state index contributed by atoms with van der Waals surface area (Å²) in [7, 11) is 1.61. The van der Waals surface area contributed by atoms with Gasteiger partial charge in [-0.15, -0.1) is 0 Å². The molecule has 0 spiro atoms. The molecule has 1 aromatic heterocycles. The van der Waals surface area contributed by atoms with Gasteiger partial charge in [-0.05, 0) is 47.9 Å². The summed E-state index contributed by atoms with van der Waals surface area (Å²) in [4.78, 5) is 31.2. The zero-order valence-corrected chi connectivity index (χ0v) is 20.8. The number of aromatic nitrogens is 1. The molecule has 1 aliphatic heterocycles. The van der Waals surface area contributed by atoms with Crippen LogP contribution in [-0.4, -0.2) is 40.3 Å². The number of amides is 1. The third kappa shape index (κ3) is 4.23. The molecule has 0 unspecified atom stereocenters. The number of rotatable bonds is 6. The number of H-pyrrole nitrogens is 1. The lowest BCUT2D eigenvalue weighted by molar-refractivity contribution is -0.139. The van der Waals surface area contributed by atoms with E-state index in [9.17, 15) is 14.7 Å². The van der Waals surface area contributed by atoms with Gasteiger partial charge in [-0.25, -0.2) is 0 Å². The Hall–Kier alpha value is -3.74. The highest BCUT2D eigenvalue weighted by molar-refractivity contribution is 6.47. The van der Waals surface area contributed by atoms with E-state index in [0.29, 0.717) is 27.6 Å². The zero-order valence-electron chi connectivity index (χ0n) is 19.3. The molecule has 6 nitrogen and oxygen atoms in total. The number of halogens is 2. The third-order valence-electron chi connectivity index (χ3n) is 6.44. The van der Waals surface area contributed by atoms with E-state index >= 15 is 0 Å². The Morgan fingerprint density at radius 2 is 1.83 bits per heavy atom. The first kappa shape index (κ1) is 24.0. The van der Waals surface area contributed by atoms with Crippen LogP contribution < -0.4 is 4.74 Å². The molecule has 0 saturated carbocycles. The molecule has 1 fully saturated rings. The average Bonchev–Trinajstić information content (AvgIpc) is 3.40. The Morgan fingerprint density at radius 3 is 2.56 bits per heavy atom. The molecule has 1 saturated heterocycles. The van der Waals surface area contributed by atoms with Crippen molar-refractivity contribution in [2.75, 3.05) is 13.7 Å². The van der Waals surface area contributed by atoms with Crippen LogP contribution >= 0.6 is 23.2 Å². The van der Waals surface area contributed by atoms with E-state index < -0.39 is 17.7 Å². The first-order chi connectivity index (χ1) is 17.4. The predicted molar refractivity (Wildman–Crippen MR) is 140 cm³/mol. The van der Waals surface area contributed by atoms with Crippen LogP contribution in [0, 0.1) is 0 Å². The largest absolute Gasteiger partial charge is 0.507 e. The molecule has 0 radical (unpaired) electrons. The number of likely N-dealkylation sites (tertiary alicyclic amines) is 1. The van der Waals surface area contributed by atoms with E-state index in [1.54, 1.807) is 55.6 Å². The molecule has 5 rings (SSSR count). The summed E-state index contributed by atoms with van der Waals surface area (Å²) < 4.78 is 5.35. The number of aliphatic hydroxyl groups is 1. The second-order valence-electron chi connectivity index (χ2n) is 8.50. The van der Waals surface area contributed by atoms with Crippen molar-refractivity contribution in [3.8, 4) is 5.75 Å². The van der Waals surface area contributed by atoms with Crippen molar-refractivity contribution in [3.05, 3.63) is 105 Å². The number of ketones is 1. The van der Waals surface area contributed by atoms with Gasteiger partial charge in [0.1, 0.15) is 11.5 Å². The van der Waals surface area contributed by atoms with Crippen molar-refractivity contribution < 1.29 is 19.4 Å². The summed E-state index contributed by atoms with van der Waals surface area (Å²) in [5.41, 5.74) is 2.85. The number of aliphatic hydroxyl groups excluding tert-OH is 1. The second-order valence-corrected chi connectivity index (χ2v) is 9.34. The number of carbonyl (C=O) groups is 2. The number of Topliss-reactive ketones (excluding diaryl/α,β-unsaturated/α-hetero) is 1. The van der Waals surface area contributed by atoms with Gasteiger partial charge in [0.2, 0.25) is 0 Å². The lowest BCUT2D eigenvalue weighted by Crippen LogP contribution is -2.31. The van der Waals surface area contributed by atoms with E-state index in [-0.39, 0.29) is 17.9 Å². The Labute approximate surface area is 217 Å². The van der Waals surface area contributed by atoms with Crippen molar-refractivity contribution >= 4 is 51.6 Å². The number of aromatic amines is 1. The standard InChI is InChI=1S/C28H22Cl2N2O4/c1-36-19-8-10-23-21(14-19)17(15-31-23)11-12-32-25(20-9-7-18(29)13-22(20)30)24(27(34)28(32)35)26(33)16-5-3-2-4-6-16/h2-10,13-15,25,31,33H,11-12H2,1H3/t25-/m0/s1. The molecule has 2 N–H and O–H groups in total. The highest BCUT2D eigenvalue weighted by Gasteiger charge is 2.46. The molecule has 0 aliphatic carbocycles. The fraction of sp³-hybridized carbons (Fsp3) is 0.143. The lowest BCUT2D eigenvalue weighted by atomic mass is 9.95. The maximum Gasteiger partial charge on any atom is 0.295 e. The fourth-order valence-electron chi connectivity index (χ4n) is 4.64. The number of nitrogens with one attached hydrogen (secondary N) is 1. The molecule has 1 aliphatic rings. The van der Waals surface area contributed by atoms with Crippen molar-refractivity contribution in [2.24, 2.45) is 0 Å².